The number of nitrogens with two attached hydrogens (primary N) is 1. The van der Waals surface area contributed by atoms with E-state index in [-0.39, 0.29) is 12.6 Å². The van der Waals surface area contributed by atoms with E-state index in [0.29, 0.717) is 6.42 Å². The first-order valence-corrected chi connectivity index (χ1v) is 7.11. The Bertz CT molecular complexity index is 367. The lowest BCUT2D eigenvalue weighted by Gasteiger charge is -2.11. The molecule has 1 aromatic carbocycles. The van der Waals surface area contributed by atoms with Crippen LogP contribution < -0.4 is 10.5 Å². The van der Waals surface area contributed by atoms with Crippen LogP contribution in [0.4, 0.5) is 0 Å². The number of carbonyl (C=O) groups is 1. The molecule has 18 heavy (non-hydrogen) atoms. The first kappa shape index (κ1) is 14.9. The van der Waals surface area contributed by atoms with Gasteiger partial charge in [-0.3, -0.25) is 4.79 Å². The number of hydrogen-bond donors (Lipinski definition) is 1. The summed E-state index contributed by atoms with van der Waals surface area (Å²) >= 11 is 1.66. The van der Waals surface area contributed by atoms with Gasteiger partial charge in [0.25, 0.3) is 0 Å². The number of rotatable bonds is 7. The normalized spacial score (nSPS) is 11.9. The third-order valence-corrected chi connectivity index (χ3v) is 3.12. The van der Waals surface area contributed by atoms with Gasteiger partial charge in [-0.05, 0) is 36.1 Å². The molecule has 1 rings (SSSR count). The molecule has 5 heteroatoms. The van der Waals surface area contributed by atoms with Crippen molar-refractivity contribution >= 4 is 17.7 Å². The molecule has 0 radical (unpaired) electrons. The molecule has 1 aromatic rings. The summed E-state index contributed by atoms with van der Waals surface area (Å²) in [6.07, 6.45) is 2.62. The highest BCUT2D eigenvalue weighted by atomic mass is 32.2. The minimum absolute atomic E-state index is 0.246. The predicted octanol–water partition coefficient (Wildman–Crippen LogP) is 1.82. The van der Waals surface area contributed by atoms with Crippen molar-refractivity contribution < 1.29 is 14.3 Å². The third kappa shape index (κ3) is 4.98. The highest BCUT2D eigenvalue weighted by molar-refractivity contribution is 7.98. The largest absolute Gasteiger partial charge is 0.497 e. The highest BCUT2D eigenvalue weighted by Gasteiger charge is 2.14. The Morgan fingerprint density at radius 3 is 2.61 bits per heavy atom. The molecule has 0 aliphatic carbocycles. The van der Waals surface area contributed by atoms with Crippen LogP contribution in [0.2, 0.25) is 0 Å². The Labute approximate surface area is 112 Å². The van der Waals surface area contributed by atoms with Crippen LogP contribution in [0.15, 0.2) is 24.3 Å². The molecule has 0 saturated heterocycles. The van der Waals surface area contributed by atoms with Crippen LogP contribution in [0, 0.1) is 0 Å². The molecule has 0 bridgehead atoms. The van der Waals surface area contributed by atoms with Gasteiger partial charge in [-0.15, -0.1) is 0 Å². The third-order valence-electron chi connectivity index (χ3n) is 2.48. The van der Waals surface area contributed by atoms with E-state index in [0.717, 1.165) is 17.1 Å². The molecule has 0 aliphatic rings. The standard InChI is InChI=1S/C13H19NO3S/c1-16-11-5-3-10(4-6-11)9-17-13(15)12(14)7-8-18-2/h3-6,12H,7-9,14H2,1-2H3/t12-/m0/s1. The van der Waals surface area contributed by atoms with Crippen LogP contribution >= 0.6 is 11.8 Å². The zero-order valence-corrected chi connectivity index (χ0v) is 11.5. The summed E-state index contributed by atoms with van der Waals surface area (Å²) in [4.78, 5) is 11.6. The van der Waals surface area contributed by atoms with Gasteiger partial charge < -0.3 is 15.2 Å². The van der Waals surface area contributed by atoms with Gasteiger partial charge in [0.2, 0.25) is 0 Å². The quantitative estimate of drug-likeness (QED) is 0.765. The summed E-state index contributed by atoms with van der Waals surface area (Å²) in [5.74, 6) is 1.29. The minimum Gasteiger partial charge on any atom is -0.497 e. The Balaban J connectivity index is 2.37. The van der Waals surface area contributed by atoms with E-state index in [1.54, 1.807) is 18.9 Å². The van der Waals surface area contributed by atoms with Crippen molar-refractivity contribution in [2.45, 2.75) is 19.1 Å². The number of thioether (sulfide) groups is 1. The average molecular weight is 269 g/mol. The van der Waals surface area contributed by atoms with Crippen molar-refractivity contribution in [3.63, 3.8) is 0 Å². The summed E-state index contributed by atoms with van der Waals surface area (Å²) in [5, 5.41) is 0. The molecule has 0 amide bonds. The van der Waals surface area contributed by atoms with Crippen LogP contribution in [0.3, 0.4) is 0 Å². The fourth-order valence-corrected chi connectivity index (χ4v) is 1.84. The van der Waals surface area contributed by atoms with Crippen molar-refractivity contribution in [1.29, 1.82) is 0 Å². The Hall–Kier alpha value is -1.20. The molecule has 100 valence electrons. The molecule has 0 fully saturated rings. The van der Waals surface area contributed by atoms with E-state index in [1.165, 1.54) is 0 Å². The molecule has 0 saturated carbocycles. The molecule has 1 atom stereocenters. The Morgan fingerprint density at radius 2 is 2.06 bits per heavy atom. The maximum absolute atomic E-state index is 11.6. The molecule has 0 spiro atoms. The highest BCUT2D eigenvalue weighted by Crippen LogP contribution is 2.12. The SMILES string of the molecule is COc1ccc(COC(=O)[C@@H](N)CCSC)cc1. The molecular formula is C13H19NO3S. The van der Waals surface area contributed by atoms with Gasteiger partial charge in [0.1, 0.15) is 18.4 Å². The molecule has 0 aliphatic heterocycles. The maximum Gasteiger partial charge on any atom is 0.323 e. The number of ether oxygens (including phenoxy) is 2. The molecular weight excluding hydrogens is 250 g/mol. The second kappa shape index (κ2) is 8.00. The fourth-order valence-electron chi connectivity index (χ4n) is 1.35. The van der Waals surface area contributed by atoms with E-state index < -0.39 is 6.04 Å². The predicted molar refractivity (Wildman–Crippen MR) is 73.8 cm³/mol. The van der Waals surface area contributed by atoms with Crippen LogP contribution in [0.25, 0.3) is 0 Å². The molecule has 0 heterocycles. The molecule has 4 nitrogen and oxygen atoms in total. The number of hydrogen-bond acceptors (Lipinski definition) is 5. The van der Waals surface area contributed by atoms with Crippen molar-refractivity contribution in [1.82, 2.24) is 0 Å². The van der Waals surface area contributed by atoms with E-state index in [4.69, 9.17) is 15.2 Å². The lowest BCUT2D eigenvalue weighted by atomic mass is 10.2. The van der Waals surface area contributed by atoms with Gasteiger partial charge in [0.15, 0.2) is 0 Å². The van der Waals surface area contributed by atoms with Crippen LogP contribution in [0.5, 0.6) is 5.75 Å². The van der Waals surface area contributed by atoms with E-state index in [2.05, 4.69) is 0 Å². The fraction of sp³-hybridized carbons (Fsp3) is 0.462. The summed E-state index contributed by atoms with van der Waals surface area (Å²) in [5.41, 5.74) is 6.62. The topological polar surface area (TPSA) is 61.5 Å². The van der Waals surface area contributed by atoms with Crippen molar-refractivity contribution in [3.8, 4) is 5.75 Å². The Kier molecular flexibility index (Phi) is 6.60. The summed E-state index contributed by atoms with van der Waals surface area (Å²) in [6.45, 7) is 0.246. The van der Waals surface area contributed by atoms with Crippen molar-refractivity contribution in [2.24, 2.45) is 5.73 Å². The van der Waals surface area contributed by atoms with Gasteiger partial charge >= 0.3 is 5.97 Å². The number of methoxy groups -OCH3 is 1. The minimum atomic E-state index is -0.532. The van der Waals surface area contributed by atoms with Crippen LogP contribution in [0.1, 0.15) is 12.0 Å². The smallest absolute Gasteiger partial charge is 0.323 e. The molecule has 0 unspecified atom stereocenters. The van der Waals surface area contributed by atoms with E-state index >= 15 is 0 Å². The van der Waals surface area contributed by atoms with Crippen LogP contribution in [-0.2, 0) is 16.1 Å². The van der Waals surface area contributed by atoms with Gasteiger partial charge in [-0.2, -0.15) is 11.8 Å². The van der Waals surface area contributed by atoms with Crippen molar-refractivity contribution in [3.05, 3.63) is 29.8 Å². The van der Waals surface area contributed by atoms with E-state index in [1.807, 2.05) is 30.5 Å². The summed E-state index contributed by atoms with van der Waals surface area (Å²) in [6, 6.07) is 6.85. The second-order valence-corrected chi connectivity index (χ2v) is 4.83. The lowest BCUT2D eigenvalue weighted by Crippen LogP contribution is -2.32. The van der Waals surface area contributed by atoms with Gasteiger partial charge in [0.05, 0.1) is 7.11 Å². The number of esters is 1. The van der Waals surface area contributed by atoms with Gasteiger partial charge in [0, 0.05) is 0 Å². The van der Waals surface area contributed by atoms with Crippen molar-refractivity contribution in [2.75, 3.05) is 19.1 Å². The lowest BCUT2D eigenvalue weighted by molar-refractivity contribution is -0.146. The zero-order chi connectivity index (χ0) is 13.4. The summed E-state index contributed by atoms with van der Waals surface area (Å²) in [7, 11) is 1.61. The second-order valence-electron chi connectivity index (χ2n) is 3.84. The number of carbonyl (C=O) groups excluding carboxylic acids is 1. The first-order valence-electron chi connectivity index (χ1n) is 5.71. The molecule has 2 N–H and O–H groups in total. The monoisotopic (exact) mass is 269 g/mol. The zero-order valence-electron chi connectivity index (χ0n) is 10.7. The van der Waals surface area contributed by atoms with Gasteiger partial charge in [-0.1, -0.05) is 12.1 Å². The van der Waals surface area contributed by atoms with E-state index in [9.17, 15) is 4.79 Å². The van der Waals surface area contributed by atoms with Crippen LogP contribution in [-0.4, -0.2) is 31.1 Å². The summed E-state index contributed by atoms with van der Waals surface area (Å²) < 4.78 is 10.2. The maximum atomic E-state index is 11.6. The average Bonchev–Trinajstić information content (AvgIpc) is 2.42. The first-order chi connectivity index (χ1) is 8.67. The Morgan fingerprint density at radius 1 is 1.39 bits per heavy atom. The van der Waals surface area contributed by atoms with Gasteiger partial charge in [-0.25, -0.2) is 0 Å². The molecule has 0 aromatic heterocycles. The number of benzene rings is 1.